The average Bonchev–Trinajstić information content (AvgIpc) is 2.92. The number of carbonyl (C=O) groups excluding carboxylic acids is 1. The van der Waals surface area contributed by atoms with Gasteiger partial charge in [0.1, 0.15) is 0 Å². The summed E-state index contributed by atoms with van der Waals surface area (Å²) in [6, 6.07) is -1.09. The first kappa shape index (κ1) is 38.8. The Kier molecular flexibility index (Phi) is 26.4. The van der Waals surface area contributed by atoms with Crippen molar-refractivity contribution in [2.24, 2.45) is 0 Å². The van der Waals surface area contributed by atoms with Crippen molar-refractivity contribution in [3.05, 3.63) is 72.9 Å². The molecule has 0 aromatic carbocycles. The number of unbranched alkanes of at least 4 members (excludes halogenated alkanes) is 8. The maximum atomic E-state index is 12.4. The summed E-state index contributed by atoms with van der Waals surface area (Å²) in [6.45, 7) is 4.33. The first-order valence-electron chi connectivity index (χ1n) is 15.6. The zero-order valence-electron chi connectivity index (χ0n) is 25.6. The van der Waals surface area contributed by atoms with Crippen molar-refractivity contribution in [1.82, 2.24) is 5.32 Å². The van der Waals surface area contributed by atoms with E-state index in [0.29, 0.717) is 6.42 Å². The molecule has 0 aromatic heterocycles. The summed E-state index contributed by atoms with van der Waals surface area (Å²) in [5.74, 6) is -1.07. The van der Waals surface area contributed by atoms with Crippen LogP contribution in [-0.4, -0.2) is 41.9 Å². The minimum absolute atomic E-state index is 0.213. The lowest BCUT2D eigenvalue weighted by Crippen LogP contribution is -2.46. The zero-order chi connectivity index (χ0) is 30.4. The molecule has 3 N–H and O–H groups in total. The van der Waals surface area contributed by atoms with Gasteiger partial charge in [-0.25, -0.2) is 0 Å². The highest BCUT2D eigenvalue weighted by Crippen LogP contribution is 2.10. The summed E-state index contributed by atoms with van der Waals surface area (Å²) in [7, 11) is -4.35. The van der Waals surface area contributed by atoms with Crippen LogP contribution in [0.25, 0.3) is 0 Å². The third-order valence-electron chi connectivity index (χ3n) is 6.39. The molecule has 0 saturated heterocycles. The van der Waals surface area contributed by atoms with Crippen molar-refractivity contribution in [1.29, 1.82) is 0 Å². The van der Waals surface area contributed by atoms with Crippen LogP contribution in [0.2, 0.25) is 0 Å². The van der Waals surface area contributed by atoms with Crippen molar-refractivity contribution in [2.75, 3.05) is 5.75 Å². The van der Waals surface area contributed by atoms with Crippen molar-refractivity contribution in [3.8, 4) is 0 Å². The van der Waals surface area contributed by atoms with E-state index in [1.54, 1.807) is 0 Å². The first-order chi connectivity index (χ1) is 19.8. The van der Waals surface area contributed by atoms with E-state index in [2.05, 4.69) is 73.8 Å². The van der Waals surface area contributed by atoms with Crippen LogP contribution in [0, 0.1) is 0 Å². The van der Waals surface area contributed by atoms with Gasteiger partial charge in [-0.05, 0) is 57.8 Å². The van der Waals surface area contributed by atoms with Gasteiger partial charge in [0.2, 0.25) is 5.91 Å². The number of aliphatic hydroxyl groups excluding tert-OH is 1. The van der Waals surface area contributed by atoms with Crippen molar-refractivity contribution >= 4 is 16.0 Å². The fraction of sp³-hybridized carbons (Fsp3) is 0.618. The quantitative estimate of drug-likeness (QED) is 0.0533. The van der Waals surface area contributed by atoms with Crippen LogP contribution in [0.15, 0.2) is 72.9 Å². The van der Waals surface area contributed by atoms with E-state index in [4.69, 9.17) is 0 Å². The Labute approximate surface area is 251 Å². The van der Waals surface area contributed by atoms with Crippen LogP contribution >= 0.6 is 0 Å². The molecule has 2 atom stereocenters. The fourth-order valence-electron chi connectivity index (χ4n) is 4.07. The van der Waals surface area contributed by atoms with Crippen LogP contribution in [-0.2, 0) is 14.9 Å². The zero-order valence-corrected chi connectivity index (χ0v) is 26.4. The number of carbonyl (C=O) groups is 1. The summed E-state index contributed by atoms with van der Waals surface area (Å²) in [4.78, 5) is 12.4. The summed E-state index contributed by atoms with van der Waals surface area (Å²) in [6.07, 6.45) is 38.9. The number of aliphatic hydroxyl groups is 1. The summed E-state index contributed by atoms with van der Waals surface area (Å²) in [5.41, 5.74) is 0. The molecule has 0 heterocycles. The molecule has 0 spiro atoms. The predicted octanol–water partition coefficient (Wildman–Crippen LogP) is 8.34. The minimum Gasteiger partial charge on any atom is -0.387 e. The second-order valence-corrected chi connectivity index (χ2v) is 11.8. The molecule has 2 unspecified atom stereocenters. The number of hydrogen-bond acceptors (Lipinski definition) is 4. The number of nitrogens with one attached hydrogen (secondary N) is 1. The van der Waals surface area contributed by atoms with Crippen LogP contribution in [0.1, 0.15) is 117 Å². The van der Waals surface area contributed by atoms with Gasteiger partial charge in [-0.1, -0.05) is 125 Å². The molecule has 0 aliphatic heterocycles. The second-order valence-electron chi connectivity index (χ2n) is 10.4. The topological polar surface area (TPSA) is 104 Å². The molecule has 0 rings (SSSR count). The number of amides is 1. The van der Waals surface area contributed by atoms with Gasteiger partial charge in [0.05, 0.1) is 17.9 Å². The average molecular weight is 592 g/mol. The van der Waals surface area contributed by atoms with E-state index in [1.807, 2.05) is 12.2 Å². The van der Waals surface area contributed by atoms with Crippen molar-refractivity contribution < 1.29 is 22.9 Å². The molecule has 234 valence electrons. The molecular formula is C34H57NO5S. The first-order valence-corrected chi connectivity index (χ1v) is 17.2. The smallest absolute Gasteiger partial charge is 0.267 e. The van der Waals surface area contributed by atoms with E-state index in [-0.39, 0.29) is 12.3 Å². The molecule has 0 bridgehead atoms. The molecule has 0 radical (unpaired) electrons. The molecule has 0 fully saturated rings. The van der Waals surface area contributed by atoms with Gasteiger partial charge in [0, 0.05) is 6.42 Å². The monoisotopic (exact) mass is 591 g/mol. The van der Waals surface area contributed by atoms with Gasteiger partial charge in [0.25, 0.3) is 10.1 Å². The highest BCUT2D eigenvalue weighted by molar-refractivity contribution is 7.85. The molecule has 41 heavy (non-hydrogen) atoms. The molecule has 0 aliphatic rings. The summed E-state index contributed by atoms with van der Waals surface area (Å²) >= 11 is 0. The number of allylic oxidation sites excluding steroid dienone is 11. The fourth-order valence-corrected chi connectivity index (χ4v) is 4.80. The molecule has 0 aliphatic carbocycles. The Balaban J connectivity index is 4.21. The molecule has 1 amide bonds. The molecule has 7 heteroatoms. The van der Waals surface area contributed by atoms with Gasteiger partial charge in [-0.15, -0.1) is 0 Å². The van der Waals surface area contributed by atoms with Gasteiger partial charge < -0.3 is 10.4 Å². The second kappa shape index (κ2) is 27.9. The Bertz CT molecular complexity index is 915. The standard InChI is InChI=1S/C34H57NO5S/c1-3-5-7-9-11-13-14-15-16-17-18-19-20-22-24-26-28-30-34(37)35-32(31-41(38,39)40)33(36)29-27-25-23-21-12-10-8-6-4-2/h5,7,11,13,15-16,18-19,22,24,27,29,32-33,36H,3-4,6,8-10,12,14,17,20-21,23,25-26,28,30-31H2,1-2H3,(H,35,37)(H,38,39,40)/b7-5-,13-11-,16-15-,19-18-,24-22-,29-27+. The summed E-state index contributed by atoms with van der Waals surface area (Å²) < 4.78 is 32.1. The van der Waals surface area contributed by atoms with Crippen LogP contribution in [0.4, 0.5) is 0 Å². The van der Waals surface area contributed by atoms with E-state index in [9.17, 15) is 22.9 Å². The largest absolute Gasteiger partial charge is 0.387 e. The lowest BCUT2D eigenvalue weighted by Gasteiger charge is -2.21. The molecular weight excluding hydrogens is 534 g/mol. The Morgan fingerprint density at radius 1 is 0.683 bits per heavy atom. The molecule has 0 aromatic rings. The van der Waals surface area contributed by atoms with Crippen LogP contribution in [0.3, 0.4) is 0 Å². The minimum atomic E-state index is -4.35. The summed E-state index contributed by atoms with van der Waals surface area (Å²) in [5, 5.41) is 13.0. The van der Waals surface area contributed by atoms with Crippen LogP contribution in [0.5, 0.6) is 0 Å². The van der Waals surface area contributed by atoms with Crippen LogP contribution < -0.4 is 5.32 Å². The van der Waals surface area contributed by atoms with Crippen molar-refractivity contribution in [3.63, 3.8) is 0 Å². The highest BCUT2D eigenvalue weighted by Gasteiger charge is 2.24. The van der Waals surface area contributed by atoms with Crippen molar-refractivity contribution in [2.45, 2.75) is 129 Å². The molecule has 0 saturated carbocycles. The Morgan fingerprint density at radius 2 is 1.17 bits per heavy atom. The van der Waals surface area contributed by atoms with E-state index in [0.717, 1.165) is 57.8 Å². The maximum Gasteiger partial charge on any atom is 0.267 e. The number of rotatable bonds is 26. The van der Waals surface area contributed by atoms with E-state index in [1.165, 1.54) is 38.2 Å². The third kappa shape index (κ3) is 29.1. The number of hydrogen-bond donors (Lipinski definition) is 3. The maximum absolute atomic E-state index is 12.4. The SMILES string of the molecule is CC/C=C\C/C=C\C/C=C\C/C=C\C/C=C\CCCC(=O)NC(CS(=O)(=O)O)C(O)/C=C/CCCCCCCCC. The van der Waals surface area contributed by atoms with E-state index >= 15 is 0 Å². The molecule has 6 nitrogen and oxygen atoms in total. The lowest BCUT2D eigenvalue weighted by molar-refractivity contribution is -0.122. The normalized spacial score (nSPS) is 14.5. The highest BCUT2D eigenvalue weighted by atomic mass is 32.2. The van der Waals surface area contributed by atoms with Gasteiger partial charge in [-0.2, -0.15) is 8.42 Å². The Hall–Kier alpha value is -2.22. The third-order valence-corrected chi connectivity index (χ3v) is 7.17. The predicted molar refractivity (Wildman–Crippen MR) is 174 cm³/mol. The van der Waals surface area contributed by atoms with Gasteiger partial charge in [-0.3, -0.25) is 9.35 Å². The van der Waals surface area contributed by atoms with Gasteiger partial charge >= 0.3 is 0 Å². The van der Waals surface area contributed by atoms with Gasteiger partial charge in [0.15, 0.2) is 0 Å². The Morgan fingerprint density at radius 3 is 1.71 bits per heavy atom. The lowest BCUT2D eigenvalue weighted by atomic mass is 10.1. The van der Waals surface area contributed by atoms with E-state index < -0.39 is 28.0 Å².